The zero-order chi connectivity index (χ0) is 29.7. The van der Waals surface area contributed by atoms with Gasteiger partial charge in [0.05, 0.1) is 33.7 Å². The third kappa shape index (κ3) is 2.96. The number of nitrogens with zero attached hydrogens (tertiary/aromatic N) is 8. The maximum Gasteiger partial charge on any atom is 0.850 e. The summed E-state index contributed by atoms with van der Waals surface area (Å²) in [5.41, 5.74) is -1.52. The molecular formula is C20H12B4Br2F8N8. The number of rotatable bonds is 1. The summed E-state index contributed by atoms with van der Waals surface area (Å²) in [7, 11) is 0. The van der Waals surface area contributed by atoms with Gasteiger partial charge in [-0.2, -0.15) is 0 Å². The molecule has 0 unspecified atom stereocenters. The molecule has 22 heteroatoms. The maximum atomic E-state index is 16.4. The lowest BCUT2D eigenvalue weighted by molar-refractivity contribution is -0.550. The zero-order valence-electron chi connectivity index (χ0n) is 20.6. The fourth-order valence-corrected chi connectivity index (χ4v) is 7.03. The van der Waals surface area contributed by atoms with Crippen molar-refractivity contribution in [3.63, 3.8) is 0 Å². The highest BCUT2D eigenvalue weighted by atomic mass is 79.9. The van der Waals surface area contributed by atoms with Crippen LogP contribution >= 0.6 is 31.9 Å². The first-order valence-corrected chi connectivity index (χ1v) is 14.0. The largest absolute Gasteiger partial charge is 0.850 e. The van der Waals surface area contributed by atoms with Crippen LogP contribution in [0, 0.1) is 0 Å². The topological polar surface area (TPSA) is 26.7 Å². The normalized spacial score (nSPS) is 24.4. The van der Waals surface area contributed by atoms with Crippen molar-refractivity contribution >= 4 is 82.8 Å². The van der Waals surface area contributed by atoms with Crippen LogP contribution in [0.5, 0.6) is 0 Å². The lowest BCUT2D eigenvalue weighted by atomic mass is 9.88. The lowest BCUT2D eigenvalue weighted by Crippen LogP contribution is -2.70. The van der Waals surface area contributed by atoms with Gasteiger partial charge in [0.2, 0.25) is 23.1 Å². The summed E-state index contributed by atoms with van der Waals surface area (Å²) in [5.74, 6) is -1.02. The van der Waals surface area contributed by atoms with Crippen molar-refractivity contribution in [2.75, 3.05) is 9.84 Å². The van der Waals surface area contributed by atoms with Gasteiger partial charge in [0.25, 0.3) is 0 Å². The number of anilines is 2. The van der Waals surface area contributed by atoms with Crippen LogP contribution in [0.4, 0.5) is 46.2 Å². The standard InChI is InChI=1S/C20H12B4Br2F8N8/c25-13-1-7-19-35(9-13)21(27,28)37-11-15-3-5-17(39(15)23(31,32)41(19)37)18-6-4-16-12-38-22(29,30)36-10-14(26)2-8-20(36)42(38)24(33,34)40(16)18/h1-12H. The molecule has 0 bridgehead atoms. The molecule has 8 rings (SSSR count). The molecule has 0 atom stereocenters. The van der Waals surface area contributed by atoms with Crippen molar-refractivity contribution in [2.24, 2.45) is 0 Å². The van der Waals surface area contributed by atoms with E-state index in [1.165, 1.54) is 12.1 Å². The Hall–Kier alpha value is -3.54. The molecule has 0 amide bonds. The zero-order valence-corrected chi connectivity index (χ0v) is 23.8. The summed E-state index contributed by atoms with van der Waals surface area (Å²) in [4.78, 5) is 0.654. The van der Waals surface area contributed by atoms with Crippen LogP contribution in [-0.2, 0) is 0 Å². The second-order valence-electron chi connectivity index (χ2n) is 10.3. The van der Waals surface area contributed by atoms with E-state index in [9.17, 15) is 0 Å². The molecule has 8 heterocycles. The average Bonchev–Trinajstić information content (AvgIpc) is 3.63. The number of halogens is 10. The Bertz CT molecular complexity index is 1750. The minimum Gasteiger partial charge on any atom is -0.413 e. The van der Waals surface area contributed by atoms with E-state index < -0.39 is 50.9 Å². The third-order valence-electron chi connectivity index (χ3n) is 8.01. The molecule has 0 N–H and O–H groups in total. The molecule has 0 aromatic carbocycles. The van der Waals surface area contributed by atoms with Crippen LogP contribution < -0.4 is 18.8 Å². The first-order valence-electron chi connectivity index (χ1n) is 12.5. The summed E-state index contributed by atoms with van der Waals surface area (Å²) < 4.78 is 129. The Kier molecular flexibility index (Phi) is 4.78. The van der Waals surface area contributed by atoms with E-state index in [4.69, 9.17) is 0 Å². The van der Waals surface area contributed by atoms with E-state index in [1.807, 2.05) is 0 Å². The summed E-state index contributed by atoms with van der Waals surface area (Å²) in [5, 5.41) is 0. The molecule has 0 saturated carbocycles. The van der Waals surface area contributed by atoms with Crippen LogP contribution in [-0.4, -0.2) is 58.1 Å². The second-order valence-corrected chi connectivity index (χ2v) is 12.1. The molecule has 0 saturated heterocycles. The minimum atomic E-state index is -5.06. The van der Waals surface area contributed by atoms with Gasteiger partial charge in [0, 0.05) is 36.4 Å². The Morgan fingerprint density at radius 3 is 1.29 bits per heavy atom. The van der Waals surface area contributed by atoms with Crippen LogP contribution in [0.25, 0.3) is 0 Å². The van der Waals surface area contributed by atoms with Gasteiger partial charge in [-0.25, -0.2) is 0 Å². The van der Waals surface area contributed by atoms with Gasteiger partial charge in [-0.3, -0.25) is 18.8 Å². The van der Waals surface area contributed by atoms with Crippen molar-refractivity contribution in [3.05, 3.63) is 93.7 Å². The van der Waals surface area contributed by atoms with Gasteiger partial charge in [-0.1, -0.05) is 0 Å². The molecule has 214 valence electrons. The SMILES string of the molecule is F[B-]1(F)N2c3ccc(Br)c[n+]3[B-](F)(F)N2C=C2C=CC(C3=[N+]4C(=CN5N(c6ccc(Br)c[n+]6[B-]5(F)F)[B-]4(F)F)C=C3)=[N+]21. The number of aromatic nitrogens is 2. The monoisotopic (exact) mass is 718 g/mol. The van der Waals surface area contributed by atoms with Crippen molar-refractivity contribution in [1.82, 2.24) is 9.84 Å². The molecule has 2 aromatic heterocycles. The smallest absolute Gasteiger partial charge is 0.413 e. The molecule has 0 radical (unpaired) electrons. The number of hydrogen-bond acceptors (Lipinski definition) is 4. The first-order chi connectivity index (χ1) is 19.7. The third-order valence-corrected chi connectivity index (χ3v) is 8.95. The molecule has 42 heavy (non-hydrogen) atoms. The average molecular weight is 719 g/mol. The number of hydrogen-bond donors (Lipinski definition) is 0. The highest BCUT2D eigenvalue weighted by Crippen LogP contribution is 2.43. The number of hydrazine groups is 2. The Morgan fingerprint density at radius 1 is 0.524 bits per heavy atom. The molecule has 0 fully saturated rings. The predicted octanol–water partition coefficient (Wildman–Crippen LogP) is 3.51. The van der Waals surface area contributed by atoms with E-state index >= 15 is 34.5 Å². The van der Waals surface area contributed by atoms with Crippen molar-refractivity contribution in [3.8, 4) is 0 Å². The van der Waals surface area contributed by atoms with Gasteiger partial charge in [-0.15, -0.1) is 0 Å². The summed E-state index contributed by atoms with van der Waals surface area (Å²) in [6, 6.07) is 4.85. The fraction of sp³-hybridized carbons (Fsp3) is 0. The summed E-state index contributed by atoms with van der Waals surface area (Å²) in [6.07, 6.45) is 8.11. The van der Waals surface area contributed by atoms with E-state index in [0.29, 0.717) is 17.9 Å². The predicted molar refractivity (Wildman–Crippen MR) is 145 cm³/mol. The van der Waals surface area contributed by atoms with Crippen molar-refractivity contribution in [2.45, 2.75) is 0 Å². The minimum absolute atomic E-state index is 0.161. The van der Waals surface area contributed by atoms with Crippen LogP contribution in [0.2, 0.25) is 0 Å². The van der Waals surface area contributed by atoms with E-state index in [0.717, 1.165) is 61.2 Å². The lowest BCUT2D eigenvalue weighted by Gasteiger charge is -2.40. The maximum absolute atomic E-state index is 16.4. The number of pyridine rings is 2. The van der Waals surface area contributed by atoms with Crippen molar-refractivity contribution in [1.29, 1.82) is 0 Å². The number of allylic oxidation sites excluding steroid dienone is 4. The quantitative estimate of drug-likeness (QED) is 0.334. The van der Waals surface area contributed by atoms with Gasteiger partial charge in [0.15, 0.2) is 11.4 Å². The van der Waals surface area contributed by atoms with Crippen LogP contribution in [0.1, 0.15) is 0 Å². The molecular weight excluding hydrogens is 707 g/mol. The molecule has 2 aromatic rings. The highest BCUT2D eigenvalue weighted by Gasteiger charge is 2.74. The van der Waals surface area contributed by atoms with E-state index in [1.54, 1.807) is 0 Å². The molecule has 6 aliphatic rings. The number of fused-ring (bicyclic) bond motifs is 8. The van der Waals surface area contributed by atoms with Crippen LogP contribution in [0.15, 0.2) is 93.7 Å². The molecule has 6 aliphatic heterocycles. The van der Waals surface area contributed by atoms with Gasteiger partial charge in [0.1, 0.15) is 0 Å². The summed E-state index contributed by atoms with van der Waals surface area (Å²) >= 11 is 6.16. The second kappa shape index (κ2) is 7.69. The molecule has 8 nitrogen and oxygen atoms in total. The highest BCUT2D eigenvalue weighted by molar-refractivity contribution is 9.10. The molecule has 0 aliphatic carbocycles. The summed E-state index contributed by atoms with van der Waals surface area (Å²) in [6.45, 7) is -19.5. The van der Waals surface area contributed by atoms with E-state index in [2.05, 4.69) is 31.9 Å². The Balaban J connectivity index is 1.33. The van der Waals surface area contributed by atoms with Crippen LogP contribution in [0.3, 0.4) is 0 Å². The molecule has 0 spiro atoms. The van der Waals surface area contributed by atoms with Gasteiger partial charge >= 0.3 is 27.9 Å². The first kappa shape index (κ1) is 26.1. The van der Waals surface area contributed by atoms with Gasteiger partial charge in [-0.05, 0) is 44.0 Å². The fourth-order valence-electron chi connectivity index (χ4n) is 6.32. The van der Waals surface area contributed by atoms with Gasteiger partial charge < -0.3 is 53.3 Å². The van der Waals surface area contributed by atoms with Crippen molar-refractivity contribution < 1.29 is 52.5 Å². The Labute approximate surface area is 248 Å². The Morgan fingerprint density at radius 2 is 0.905 bits per heavy atom. The van der Waals surface area contributed by atoms with E-state index in [-0.39, 0.29) is 40.0 Å².